The minimum Gasteiger partial charge on any atom is -0.491 e. The molecular weight excluding hydrogens is 460 g/mol. The van der Waals surface area contributed by atoms with E-state index < -0.39 is 29.3 Å². The molecule has 0 radical (unpaired) electrons. The predicted octanol–water partition coefficient (Wildman–Crippen LogP) is 3.34. The molecule has 2 atom stereocenters. The molecule has 1 aromatic heterocycles. The summed E-state index contributed by atoms with van der Waals surface area (Å²) in [6.07, 6.45) is 0.0171. The predicted molar refractivity (Wildman–Crippen MR) is 129 cm³/mol. The SMILES string of the molecule is CC(C)Oc1ccc(/N=c2\[nH]c(=O)n([C@H](C)[C@@H](C)C(=O)O)c(=O)n2Cc2ccc(Cl)cc2)cc1. The number of halogens is 1. The van der Waals surface area contributed by atoms with Gasteiger partial charge in [-0.25, -0.2) is 19.1 Å². The molecule has 0 spiro atoms. The summed E-state index contributed by atoms with van der Waals surface area (Å²) in [5.74, 6) is -1.40. The number of H-pyrrole nitrogens is 1. The zero-order valence-corrected chi connectivity index (χ0v) is 20.1. The van der Waals surface area contributed by atoms with Crippen molar-refractivity contribution in [2.45, 2.75) is 46.4 Å². The van der Waals surface area contributed by atoms with Gasteiger partial charge in [-0.15, -0.1) is 0 Å². The summed E-state index contributed by atoms with van der Waals surface area (Å²) < 4.78 is 7.85. The van der Waals surface area contributed by atoms with Crippen molar-refractivity contribution in [1.82, 2.24) is 14.1 Å². The molecule has 3 rings (SSSR count). The van der Waals surface area contributed by atoms with Gasteiger partial charge in [0.1, 0.15) is 5.75 Å². The van der Waals surface area contributed by atoms with Crippen molar-refractivity contribution in [2.75, 3.05) is 0 Å². The van der Waals surface area contributed by atoms with E-state index in [4.69, 9.17) is 16.3 Å². The van der Waals surface area contributed by atoms with E-state index in [0.717, 1.165) is 10.1 Å². The molecule has 2 aromatic carbocycles. The average Bonchev–Trinajstić information content (AvgIpc) is 2.77. The second-order valence-electron chi connectivity index (χ2n) is 8.26. The van der Waals surface area contributed by atoms with Gasteiger partial charge in [0.15, 0.2) is 0 Å². The summed E-state index contributed by atoms with van der Waals surface area (Å²) in [7, 11) is 0. The Morgan fingerprint density at radius 3 is 2.24 bits per heavy atom. The fourth-order valence-corrected chi connectivity index (χ4v) is 3.44. The monoisotopic (exact) mass is 486 g/mol. The summed E-state index contributed by atoms with van der Waals surface area (Å²) in [6, 6.07) is 12.9. The lowest BCUT2D eigenvalue weighted by atomic mass is 10.0. The number of rotatable bonds is 8. The quantitative estimate of drug-likeness (QED) is 0.506. The molecule has 3 aromatic rings. The maximum Gasteiger partial charge on any atom is 0.335 e. The van der Waals surface area contributed by atoms with Gasteiger partial charge >= 0.3 is 17.3 Å². The Balaban J connectivity index is 2.17. The number of nitrogens with zero attached hydrogens (tertiary/aromatic N) is 3. The highest BCUT2D eigenvalue weighted by molar-refractivity contribution is 6.30. The number of carboxylic acid groups (broad SMARTS) is 1. The largest absolute Gasteiger partial charge is 0.491 e. The number of aliphatic carboxylic acids is 1. The zero-order valence-electron chi connectivity index (χ0n) is 19.4. The molecule has 9 nitrogen and oxygen atoms in total. The molecule has 180 valence electrons. The Hall–Kier alpha value is -3.59. The summed E-state index contributed by atoms with van der Waals surface area (Å²) in [5.41, 5.74) is -0.120. The highest BCUT2D eigenvalue weighted by atomic mass is 35.5. The summed E-state index contributed by atoms with van der Waals surface area (Å²) in [5, 5.41) is 9.92. The van der Waals surface area contributed by atoms with Crippen LogP contribution < -0.4 is 21.7 Å². The first kappa shape index (κ1) is 25.0. The van der Waals surface area contributed by atoms with E-state index in [9.17, 15) is 19.5 Å². The Labute approximate surface area is 200 Å². The van der Waals surface area contributed by atoms with Crippen LogP contribution in [0.2, 0.25) is 5.02 Å². The van der Waals surface area contributed by atoms with Gasteiger partial charge in [-0.05, 0) is 69.7 Å². The number of aromatic nitrogens is 3. The maximum atomic E-state index is 13.4. The lowest BCUT2D eigenvalue weighted by Crippen LogP contribution is -2.52. The van der Waals surface area contributed by atoms with Gasteiger partial charge < -0.3 is 9.84 Å². The number of carbonyl (C=O) groups is 1. The molecule has 2 N–H and O–H groups in total. The minimum atomic E-state index is -1.11. The van der Waals surface area contributed by atoms with E-state index in [-0.39, 0.29) is 18.3 Å². The fourth-order valence-electron chi connectivity index (χ4n) is 3.32. The van der Waals surface area contributed by atoms with E-state index in [0.29, 0.717) is 16.5 Å². The third-order valence-electron chi connectivity index (χ3n) is 5.35. The lowest BCUT2D eigenvalue weighted by molar-refractivity contribution is -0.142. The molecule has 0 amide bonds. The van der Waals surface area contributed by atoms with Crippen molar-refractivity contribution in [3.05, 3.63) is 85.7 Å². The molecule has 0 saturated heterocycles. The van der Waals surface area contributed by atoms with Crippen molar-refractivity contribution < 1.29 is 14.6 Å². The van der Waals surface area contributed by atoms with Crippen molar-refractivity contribution >= 4 is 23.3 Å². The number of carboxylic acids is 1. The summed E-state index contributed by atoms with van der Waals surface area (Å²) >= 11 is 5.98. The molecule has 34 heavy (non-hydrogen) atoms. The van der Waals surface area contributed by atoms with Crippen LogP contribution in [-0.2, 0) is 11.3 Å². The fraction of sp³-hybridized carbons (Fsp3) is 0.333. The van der Waals surface area contributed by atoms with Crippen LogP contribution in [0.1, 0.15) is 39.3 Å². The number of nitrogens with one attached hydrogen (secondary N) is 1. The van der Waals surface area contributed by atoms with E-state index in [1.165, 1.54) is 18.4 Å². The van der Waals surface area contributed by atoms with Crippen LogP contribution in [0.5, 0.6) is 5.75 Å². The molecular formula is C24H27ClN4O5. The molecule has 0 aliphatic heterocycles. The van der Waals surface area contributed by atoms with Gasteiger partial charge in [0.2, 0.25) is 5.62 Å². The highest BCUT2D eigenvalue weighted by Gasteiger charge is 2.25. The van der Waals surface area contributed by atoms with Crippen molar-refractivity contribution in [3.63, 3.8) is 0 Å². The van der Waals surface area contributed by atoms with E-state index >= 15 is 0 Å². The number of aromatic amines is 1. The number of benzene rings is 2. The second kappa shape index (κ2) is 10.6. The Morgan fingerprint density at radius 2 is 1.68 bits per heavy atom. The third-order valence-corrected chi connectivity index (χ3v) is 5.60. The van der Waals surface area contributed by atoms with Crippen molar-refractivity contribution in [1.29, 1.82) is 0 Å². The van der Waals surface area contributed by atoms with Crippen LogP contribution in [0.4, 0.5) is 5.69 Å². The van der Waals surface area contributed by atoms with Crippen molar-refractivity contribution in [2.24, 2.45) is 10.9 Å². The van der Waals surface area contributed by atoms with Gasteiger partial charge in [-0.3, -0.25) is 14.3 Å². The Morgan fingerprint density at radius 1 is 1.06 bits per heavy atom. The van der Waals surface area contributed by atoms with Crippen LogP contribution in [0.25, 0.3) is 0 Å². The van der Waals surface area contributed by atoms with Crippen LogP contribution in [0.15, 0.2) is 63.1 Å². The number of hydrogen-bond donors (Lipinski definition) is 2. The first-order valence-electron chi connectivity index (χ1n) is 10.8. The third kappa shape index (κ3) is 5.85. The first-order chi connectivity index (χ1) is 16.1. The molecule has 0 aliphatic rings. The van der Waals surface area contributed by atoms with Gasteiger partial charge in [-0.1, -0.05) is 23.7 Å². The van der Waals surface area contributed by atoms with E-state index in [1.807, 2.05) is 13.8 Å². The zero-order chi connectivity index (χ0) is 25.0. The second-order valence-corrected chi connectivity index (χ2v) is 8.70. The Bertz CT molecular complexity index is 1340. The van der Waals surface area contributed by atoms with Gasteiger partial charge in [0.05, 0.1) is 30.3 Å². The molecule has 0 saturated carbocycles. The van der Waals surface area contributed by atoms with Crippen LogP contribution in [0.3, 0.4) is 0 Å². The summed E-state index contributed by atoms with van der Waals surface area (Å²) in [6.45, 7) is 6.90. The minimum absolute atomic E-state index is 0.0171. The van der Waals surface area contributed by atoms with E-state index in [1.54, 1.807) is 48.5 Å². The first-order valence-corrected chi connectivity index (χ1v) is 11.2. The molecule has 0 bridgehead atoms. The van der Waals surface area contributed by atoms with E-state index in [2.05, 4.69) is 9.98 Å². The standard InChI is InChI=1S/C24H27ClN4O5/c1-14(2)34-20-11-9-19(10-12-20)26-22-27-23(32)29(16(4)15(3)21(30)31)24(33)28(22)13-17-5-7-18(25)8-6-17/h5-12,14-16H,13H2,1-4H3,(H,30,31)(H,26,27,32)/t15-,16-/m1/s1. The highest BCUT2D eigenvalue weighted by Crippen LogP contribution is 2.18. The normalized spacial score (nSPS) is 13.6. The van der Waals surface area contributed by atoms with Gasteiger partial charge in [-0.2, -0.15) is 0 Å². The molecule has 0 unspecified atom stereocenters. The van der Waals surface area contributed by atoms with Gasteiger partial charge in [0, 0.05) is 5.02 Å². The van der Waals surface area contributed by atoms with Crippen molar-refractivity contribution in [3.8, 4) is 5.75 Å². The smallest absolute Gasteiger partial charge is 0.335 e. The number of ether oxygens (including phenoxy) is 1. The topological polar surface area (TPSA) is 119 Å². The molecule has 0 fully saturated rings. The summed E-state index contributed by atoms with van der Waals surface area (Å²) in [4.78, 5) is 44.9. The maximum absolute atomic E-state index is 13.4. The van der Waals surface area contributed by atoms with Crippen LogP contribution in [0, 0.1) is 5.92 Å². The van der Waals surface area contributed by atoms with Gasteiger partial charge in [0.25, 0.3) is 0 Å². The molecule has 0 aliphatic carbocycles. The molecule has 1 heterocycles. The van der Waals surface area contributed by atoms with Crippen LogP contribution >= 0.6 is 11.6 Å². The lowest BCUT2D eigenvalue weighted by Gasteiger charge is -2.19. The average molecular weight is 487 g/mol. The van der Waals surface area contributed by atoms with Crippen LogP contribution in [-0.4, -0.2) is 31.3 Å². The Kier molecular flexibility index (Phi) is 7.78. The number of hydrogen-bond acceptors (Lipinski definition) is 5. The molecule has 10 heteroatoms.